The van der Waals surface area contributed by atoms with E-state index < -0.39 is 0 Å². The number of hydrogen-bond acceptors (Lipinski definition) is 4. The fraction of sp³-hybridized carbons (Fsp3) is 0.600. The Morgan fingerprint density at radius 3 is 2.23 bits per heavy atom. The Kier molecular flexibility index (Phi) is 11.4. The van der Waals surface area contributed by atoms with E-state index in [0.29, 0.717) is 11.9 Å². The van der Waals surface area contributed by atoms with Crippen molar-refractivity contribution in [2.75, 3.05) is 26.2 Å². The molecule has 0 saturated carbocycles. The molecule has 3 rings (SSSR count). The van der Waals surface area contributed by atoms with E-state index in [1.807, 2.05) is 39.0 Å². The quantitative estimate of drug-likeness (QED) is 0.784. The average Bonchev–Trinajstić information content (AvgIpc) is 2.70. The van der Waals surface area contributed by atoms with E-state index in [0.717, 1.165) is 61.3 Å². The third-order valence-electron chi connectivity index (χ3n) is 4.02. The molecule has 0 atom stereocenters. The monoisotopic (exact) mass is 424 g/mol. The lowest BCUT2D eigenvalue weighted by atomic mass is 10.2. The predicted octanol–water partition coefficient (Wildman–Crippen LogP) is 3.73. The van der Waals surface area contributed by atoms with Crippen LogP contribution < -0.4 is 16.2 Å². The first-order chi connectivity index (χ1) is 12.7. The molecule has 1 aliphatic rings. The van der Waals surface area contributed by atoms with Crippen molar-refractivity contribution in [3.05, 3.63) is 38.9 Å². The molecule has 1 aliphatic heterocycles. The fourth-order valence-corrected chi connectivity index (χ4v) is 3.06. The van der Waals surface area contributed by atoms with Crippen LogP contribution in [0.5, 0.6) is 0 Å². The molecule has 0 radical (unpaired) electrons. The van der Waals surface area contributed by atoms with Crippen molar-refractivity contribution in [3.8, 4) is 0 Å². The molecule has 1 aromatic heterocycles. The number of benzene rings is 1. The van der Waals surface area contributed by atoms with Gasteiger partial charge < -0.3 is 10.6 Å². The van der Waals surface area contributed by atoms with Gasteiger partial charge in [0.2, 0.25) is 0 Å². The molecule has 1 fully saturated rings. The van der Waals surface area contributed by atoms with Crippen LogP contribution in [0, 0.1) is 0 Å². The Labute approximate surface area is 165 Å². The highest BCUT2D eigenvalue weighted by atomic mass is 79.9. The molecule has 0 aliphatic carbocycles. The fourth-order valence-electron chi connectivity index (χ4n) is 2.69. The topological polar surface area (TPSA) is 59.0 Å². The van der Waals surface area contributed by atoms with E-state index in [2.05, 4.69) is 38.5 Å². The molecule has 0 bridgehead atoms. The van der Waals surface area contributed by atoms with Gasteiger partial charge in [0.15, 0.2) is 0 Å². The summed E-state index contributed by atoms with van der Waals surface area (Å²) in [6, 6.07) is 5.67. The lowest BCUT2D eigenvalue weighted by molar-refractivity contribution is 0.534. The van der Waals surface area contributed by atoms with Crippen LogP contribution >= 0.6 is 15.9 Å². The van der Waals surface area contributed by atoms with Gasteiger partial charge in [0.25, 0.3) is 5.56 Å². The zero-order chi connectivity index (χ0) is 19.4. The average molecular weight is 425 g/mol. The summed E-state index contributed by atoms with van der Waals surface area (Å²) in [5, 5.41) is 7.13. The molecule has 2 heterocycles. The summed E-state index contributed by atoms with van der Waals surface area (Å²) >= 11 is 3.40. The van der Waals surface area contributed by atoms with Crippen LogP contribution in [0.2, 0.25) is 0 Å². The second-order valence-electron chi connectivity index (χ2n) is 5.84. The number of nitrogens with one attached hydrogen (secondary N) is 2. The van der Waals surface area contributed by atoms with Crippen molar-refractivity contribution < 1.29 is 0 Å². The summed E-state index contributed by atoms with van der Waals surface area (Å²) < 4.78 is 2.70. The normalized spacial score (nSPS) is 13.4. The number of fused-ring (bicyclic) bond motifs is 1. The van der Waals surface area contributed by atoms with Gasteiger partial charge in [-0.1, -0.05) is 43.1 Å². The number of rotatable bonds is 4. The number of halogens is 1. The Bertz CT molecular complexity index is 699. The standard InChI is InChI=1S/C14H17BrN2O.C4H10N2.C2H6/c1-3-5-6-13-16-12-8-7-10(15)9-11(12)14(18)17(13)4-2;1-2-6-4-3-5-1;1-2/h7-9H,3-6H2,1-2H3;5-6H,1-4H2;1-2H3. The second kappa shape index (κ2) is 13.0. The third-order valence-corrected chi connectivity index (χ3v) is 4.52. The van der Waals surface area contributed by atoms with Gasteiger partial charge in [-0.25, -0.2) is 4.98 Å². The SMILES string of the molecule is C1CNCCN1.CC.CCCCc1nc2ccc(Br)cc2c(=O)n1CC. The van der Waals surface area contributed by atoms with Gasteiger partial charge >= 0.3 is 0 Å². The number of unbranched alkanes of at least 4 members (excludes halogenated alkanes) is 1. The summed E-state index contributed by atoms with van der Waals surface area (Å²) in [4.78, 5) is 17.0. The molecule has 2 aromatic rings. The van der Waals surface area contributed by atoms with Crippen LogP contribution in [0.1, 0.15) is 46.4 Å². The molecule has 1 aromatic carbocycles. The Balaban J connectivity index is 0.000000353. The molecular weight excluding hydrogens is 392 g/mol. The number of nitrogens with zero attached hydrogens (tertiary/aromatic N) is 2. The molecular formula is C20H33BrN4O. The Hall–Kier alpha value is -1.24. The van der Waals surface area contributed by atoms with E-state index >= 15 is 0 Å². The first-order valence-electron chi connectivity index (χ1n) is 9.77. The summed E-state index contributed by atoms with van der Waals surface area (Å²) in [6.45, 7) is 13.4. The maximum Gasteiger partial charge on any atom is 0.261 e. The van der Waals surface area contributed by atoms with Crippen molar-refractivity contribution in [2.24, 2.45) is 0 Å². The van der Waals surface area contributed by atoms with E-state index in [1.54, 1.807) is 4.57 Å². The highest BCUT2D eigenvalue weighted by Crippen LogP contribution is 2.16. The summed E-state index contributed by atoms with van der Waals surface area (Å²) in [5.41, 5.74) is 0.855. The molecule has 5 nitrogen and oxygen atoms in total. The minimum atomic E-state index is 0.0647. The highest BCUT2D eigenvalue weighted by Gasteiger charge is 2.09. The lowest BCUT2D eigenvalue weighted by Gasteiger charge is -2.11. The minimum absolute atomic E-state index is 0.0647. The van der Waals surface area contributed by atoms with Gasteiger partial charge in [-0.3, -0.25) is 9.36 Å². The maximum atomic E-state index is 12.4. The Morgan fingerprint density at radius 2 is 1.73 bits per heavy atom. The zero-order valence-corrected chi connectivity index (χ0v) is 18.2. The molecule has 146 valence electrons. The van der Waals surface area contributed by atoms with E-state index in [4.69, 9.17) is 0 Å². The third kappa shape index (κ3) is 6.82. The van der Waals surface area contributed by atoms with Crippen molar-refractivity contribution >= 4 is 26.8 Å². The van der Waals surface area contributed by atoms with Crippen LogP contribution in [-0.2, 0) is 13.0 Å². The van der Waals surface area contributed by atoms with Gasteiger partial charge in [-0.15, -0.1) is 0 Å². The number of hydrogen-bond donors (Lipinski definition) is 2. The van der Waals surface area contributed by atoms with Crippen molar-refractivity contribution in [1.29, 1.82) is 0 Å². The summed E-state index contributed by atoms with van der Waals surface area (Å²) in [6.07, 6.45) is 3.04. The van der Waals surface area contributed by atoms with Crippen molar-refractivity contribution in [2.45, 2.75) is 53.5 Å². The van der Waals surface area contributed by atoms with Crippen LogP contribution in [-0.4, -0.2) is 35.7 Å². The van der Waals surface area contributed by atoms with Gasteiger partial charge in [0, 0.05) is 43.6 Å². The summed E-state index contributed by atoms with van der Waals surface area (Å²) in [5.74, 6) is 0.902. The van der Waals surface area contributed by atoms with E-state index in [1.165, 1.54) is 0 Å². The smallest absolute Gasteiger partial charge is 0.261 e. The number of aryl methyl sites for hydroxylation is 1. The molecule has 26 heavy (non-hydrogen) atoms. The second-order valence-corrected chi connectivity index (χ2v) is 6.76. The van der Waals surface area contributed by atoms with Crippen LogP contribution in [0.3, 0.4) is 0 Å². The van der Waals surface area contributed by atoms with Gasteiger partial charge in [0.05, 0.1) is 10.9 Å². The lowest BCUT2D eigenvalue weighted by Crippen LogP contribution is -2.39. The zero-order valence-electron chi connectivity index (χ0n) is 16.6. The molecule has 0 amide bonds. The number of aromatic nitrogens is 2. The van der Waals surface area contributed by atoms with Crippen molar-refractivity contribution in [1.82, 2.24) is 20.2 Å². The maximum absolute atomic E-state index is 12.4. The molecule has 2 N–H and O–H groups in total. The van der Waals surface area contributed by atoms with Gasteiger partial charge in [0.1, 0.15) is 5.82 Å². The summed E-state index contributed by atoms with van der Waals surface area (Å²) in [7, 11) is 0. The molecule has 1 saturated heterocycles. The van der Waals surface area contributed by atoms with Gasteiger partial charge in [-0.05, 0) is 31.5 Å². The number of piperazine rings is 1. The Morgan fingerprint density at radius 1 is 1.12 bits per heavy atom. The minimum Gasteiger partial charge on any atom is -0.314 e. The van der Waals surface area contributed by atoms with Crippen LogP contribution in [0.25, 0.3) is 10.9 Å². The van der Waals surface area contributed by atoms with Crippen molar-refractivity contribution in [3.63, 3.8) is 0 Å². The first kappa shape index (κ1) is 22.8. The first-order valence-corrected chi connectivity index (χ1v) is 10.6. The highest BCUT2D eigenvalue weighted by molar-refractivity contribution is 9.10. The van der Waals surface area contributed by atoms with E-state index in [9.17, 15) is 4.79 Å². The largest absolute Gasteiger partial charge is 0.314 e. The predicted molar refractivity (Wildman–Crippen MR) is 115 cm³/mol. The van der Waals surface area contributed by atoms with E-state index in [-0.39, 0.29) is 5.56 Å². The molecule has 6 heteroatoms. The molecule has 0 unspecified atom stereocenters. The van der Waals surface area contributed by atoms with Gasteiger partial charge in [-0.2, -0.15) is 0 Å². The van der Waals surface area contributed by atoms with Crippen LogP contribution in [0.15, 0.2) is 27.5 Å². The molecule has 0 spiro atoms. The van der Waals surface area contributed by atoms with Crippen LogP contribution in [0.4, 0.5) is 0 Å².